The maximum Gasteiger partial charge on any atom is 0.267 e. The summed E-state index contributed by atoms with van der Waals surface area (Å²) in [6, 6.07) is 6.62. The first-order valence-electron chi connectivity index (χ1n) is 7.70. The van der Waals surface area contributed by atoms with Crippen LogP contribution in [-0.2, 0) is 14.8 Å². The Balaban J connectivity index is 2.09. The Morgan fingerprint density at radius 3 is 2.54 bits per heavy atom. The first-order chi connectivity index (χ1) is 12.2. The molecule has 8 nitrogen and oxygen atoms in total. The third-order valence-corrected chi connectivity index (χ3v) is 5.37. The zero-order valence-corrected chi connectivity index (χ0v) is 16.0. The molecule has 26 heavy (non-hydrogen) atoms. The van der Waals surface area contributed by atoms with Crippen molar-refractivity contribution in [2.75, 3.05) is 44.9 Å². The second kappa shape index (κ2) is 8.40. The molecule has 2 rings (SSSR count). The molecule has 10 heteroatoms. The van der Waals surface area contributed by atoms with E-state index in [9.17, 15) is 18.5 Å². The molecular formula is C16H19ClN4O4S. The highest BCUT2D eigenvalue weighted by Crippen LogP contribution is 2.28. The van der Waals surface area contributed by atoms with Crippen molar-refractivity contribution in [3.05, 3.63) is 35.0 Å². The summed E-state index contributed by atoms with van der Waals surface area (Å²) in [6.45, 7) is 1.40. The van der Waals surface area contributed by atoms with Crippen LogP contribution >= 0.6 is 11.6 Å². The number of nitriles is 1. The number of sulfonamides is 1. The monoisotopic (exact) mass is 398 g/mol. The Hall–Kier alpha value is -2.28. The standard InChI is InChI=1S/C16H19ClN4O4S/c1-25-15-4-3-13(17)9-14(15)19-16(22)12(10-18)11-20-5-7-21(8-6-20)26(2,23)24/h3-4,9,11H,5-8H2,1-2H3,(H,19,22)/b12-11-. The molecule has 0 radical (unpaired) electrons. The number of benzene rings is 1. The Labute approximate surface area is 157 Å². The Morgan fingerprint density at radius 2 is 2.00 bits per heavy atom. The van der Waals surface area contributed by atoms with E-state index in [1.807, 2.05) is 6.07 Å². The first-order valence-corrected chi connectivity index (χ1v) is 9.93. The summed E-state index contributed by atoms with van der Waals surface area (Å²) in [5.41, 5.74) is 0.257. The lowest BCUT2D eigenvalue weighted by Gasteiger charge is -2.32. The van der Waals surface area contributed by atoms with Gasteiger partial charge in [0, 0.05) is 37.4 Å². The van der Waals surface area contributed by atoms with Gasteiger partial charge in [0.1, 0.15) is 17.4 Å². The number of rotatable bonds is 5. The topological polar surface area (TPSA) is 103 Å². The minimum absolute atomic E-state index is 0.0974. The number of hydrogen-bond acceptors (Lipinski definition) is 6. The molecule has 140 valence electrons. The minimum Gasteiger partial charge on any atom is -0.495 e. The Bertz CT molecular complexity index is 855. The van der Waals surface area contributed by atoms with Gasteiger partial charge >= 0.3 is 0 Å². The van der Waals surface area contributed by atoms with Gasteiger partial charge in [-0.25, -0.2) is 8.42 Å². The molecule has 1 aliphatic heterocycles. The molecule has 1 aliphatic rings. The number of methoxy groups -OCH3 is 1. The third-order valence-electron chi connectivity index (χ3n) is 3.83. The van der Waals surface area contributed by atoms with Crippen LogP contribution < -0.4 is 10.1 Å². The summed E-state index contributed by atoms with van der Waals surface area (Å²) < 4.78 is 29.6. The van der Waals surface area contributed by atoms with E-state index in [4.69, 9.17) is 16.3 Å². The predicted molar refractivity (Wildman–Crippen MR) is 98.3 cm³/mol. The van der Waals surface area contributed by atoms with Crippen molar-refractivity contribution in [2.24, 2.45) is 0 Å². The second-order valence-corrected chi connectivity index (χ2v) is 8.07. The molecule has 0 aromatic heterocycles. The van der Waals surface area contributed by atoms with Crippen molar-refractivity contribution >= 4 is 33.2 Å². The quantitative estimate of drug-likeness (QED) is 0.592. The molecule has 0 unspecified atom stereocenters. The summed E-state index contributed by atoms with van der Waals surface area (Å²) in [5.74, 6) is -0.180. The maximum absolute atomic E-state index is 12.4. The number of hydrogen-bond donors (Lipinski definition) is 1. The summed E-state index contributed by atoms with van der Waals surface area (Å²) in [7, 11) is -1.78. The highest BCUT2D eigenvalue weighted by Gasteiger charge is 2.23. The van der Waals surface area contributed by atoms with Crippen molar-refractivity contribution in [1.29, 1.82) is 5.26 Å². The van der Waals surface area contributed by atoms with E-state index in [1.54, 1.807) is 17.0 Å². The van der Waals surface area contributed by atoms with Crippen molar-refractivity contribution in [3.63, 3.8) is 0 Å². The van der Waals surface area contributed by atoms with Crippen LogP contribution in [0.3, 0.4) is 0 Å². The molecule has 0 atom stereocenters. The van der Waals surface area contributed by atoms with E-state index in [1.165, 1.54) is 23.7 Å². The molecule has 0 spiro atoms. The van der Waals surface area contributed by atoms with Gasteiger partial charge in [-0.3, -0.25) is 4.79 Å². The number of carbonyl (C=O) groups excluding carboxylic acids is 1. The molecule has 1 saturated heterocycles. The van der Waals surface area contributed by atoms with Gasteiger partial charge in [0.25, 0.3) is 5.91 Å². The van der Waals surface area contributed by atoms with Gasteiger partial charge in [0.2, 0.25) is 10.0 Å². The molecule has 0 aliphatic carbocycles. The van der Waals surface area contributed by atoms with Crippen LogP contribution in [0.4, 0.5) is 5.69 Å². The largest absolute Gasteiger partial charge is 0.495 e. The normalized spacial score (nSPS) is 16.1. The molecule has 1 aromatic carbocycles. The van der Waals surface area contributed by atoms with E-state index >= 15 is 0 Å². The van der Waals surface area contributed by atoms with E-state index in [-0.39, 0.29) is 5.57 Å². The second-order valence-electron chi connectivity index (χ2n) is 5.65. The zero-order chi connectivity index (χ0) is 19.3. The van der Waals surface area contributed by atoms with Gasteiger partial charge in [0.05, 0.1) is 19.1 Å². The number of anilines is 1. The Kier molecular flexibility index (Phi) is 6.47. The maximum atomic E-state index is 12.4. The van der Waals surface area contributed by atoms with Gasteiger partial charge in [-0.05, 0) is 18.2 Å². The number of piperazine rings is 1. The number of amides is 1. The Morgan fingerprint density at radius 1 is 1.35 bits per heavy atom. The van der Waals surface area contributed by atoms with E-state index < -0.39 is 15.9 Å². The summed E-state index contributed by atoms with van der Waals surface area (Å²) in [6.07, 6.45) is 2.59. The van der Waals surface area contributed by atoms with Crippen LogP contribution in [0.5, 0.6) is 5.75 Å². The number of halogens is 1. The fourth-order valence-electron chi connectivity index (χ4n) is 2.45. The molecule has 0 saturated carbocycles. The van der Waals surface area contributed by atoms with Gasteiger partial charge in [-0.15, -0.1) is 0 Å². The fourth-order valence-corrected chi connectivity index (χ4v) is 3.45. The van der Waals surface area contributed by atoms with Crippen molar-refractivity contribution in [3.8, 4) is 11.8 Å². The molecular weight excluding hydrogens is 380 g/mol. The average Bonchev–Trinajstić information content (AvgIpc) is 2.59. The van der Waals surface area contributed by atoms with E-state index in [0.717, 1.165) is 6.26 Å². The van der Waals surface area contributed by atoms with Crippen LogP contribution in [0.15, 0.2) is 30.0 Å². The number of nitrogens with one attached hydrogen (secondary N) is 1. The van der Waals surface area contributed by atoms with Crippen LogP contribution in [-0.4, -0.2) is 63.1 Å². The first kappa shape index (κ1) is 20.0. The minimum atomic E-state index is -3.24. The molecule has 1 aromatic rings. The lowest BCUT2D eigenvalue weighted by molar-refractivity contribution is -0.112. The van der Waals surface area contributed by atoms with Crippen molar-refractivity contribution < 1.29 is 17.9 Å². The molecule has 1 amide bonds. The lowest BCUT2D eigenvalue weighted by Crippen LogP contribution is -2.46. The van der Waals surface area contributed by atoms with Crippen LogP contribution in [0, 0.1) is 11.3 Å². The van der Waals surface area contributed by atoms with Crippen molar-refractivity contribution in [2.45, 2.75) is 0 Å². The molecule has 1 N–H and O–H groups in total. The third kappa shape index (κ3) is 5.11. The lowest BCUT2D eigenvalue weighted by atomic mass is 10.2. The zero-order valence-electron chi connectivity index (χ0n) is 14.4. The van der Waals surface area contributed by atoms with Gasteiger partial charge in [-0.2, -0.15) is 9.57 Å². The molecule has 1 fully saturated rings. The van der Waals surface area contributed by atoms with E-state index in [2.05, 4.69) is 5.32 Å². The number of carbonyl (C=O) groups is 1. The van der Waals surface area contributed by atoms with Gasteiger partial charge < -0.3 is 15.0 Å². The van der Waals surface area contributed by atoms with Gasteiger partial charge in [0.15, 0.2) is 0 Å². The summed E-state index contributed by atoms with van der Waals surface area (Å²) in [4.78, 5) is 14.1. The average molecular weight is 399 g/mol. The number of nitrogens with zero attached hydrogens (tertiary/aromatic N) is 3. The molecule has 1 heterocycles. The predicted octanol–water partition coefficient (Wildman–Crippen LogP) is 1.27. The van der Waals surface area contributed by atoms with Crippen LogP contribution in [0.1, 0.15) is 0 Å². The summed E-state index contributed by atoms with van der Waals surface area (Å²) in [5, 5.41) is 12.3. The fraction of sp³-hybridized carbons (Fsp3) is 0.375. The SMILES string of the molecule is COc1ccc(Cl)cc1NC(=O)/C(C#N)=C\N1CCN(S(C)(=O)=O)CC1. The summed E-state index contributed by atoms with van der Waals surface area (Å²) >= 11 is 5.93. The van der Waals surface area contributed by atoms with Crippen molar-refractivity contribution in [1.82, 2.24) is 9.21 Å². The van der Waals surface area contributed by atoms with Gasteiger partial charge in [-0.1, -0.05) is 11.6 Å². The smallest absolute Gasteiger partial charge is 0.267 e. The van der Waals surface area contributed by atoms with Crippen LogP contribution in [0.25, 0.3) is 0 Å². The number of ether oxygens (including phenoxy) is 1. The van der Waals surface area contributed by atoms with Crippen LogP contribution in [0.2, 0.25) is 5.02 Å². The highest BCUT2D eigenvalue weighted by atomic mass is 35.5. The highest BCUT2D eigenvalue weighted by molar-refractivity contribution is 7.88. The van der Waals surface area contributed by atoms with E-state index in [0.29, 0.717) is 42.6 Å². The molecule has 0 bridgehead atoms.